The lowest BCUT2D eigenvalue weighted by atomic mass is 9.73. The van der Waals surface area contributed by atoms with Crippen LogP contribution in [0.1, 0.15) is 64.2 Å². The molecule has 0 unspecified atom stereocenters. The van der Waals surface area contributed by atoms with Crippen LogP contribution in [0.3, 0.4) is 0 Å². The fourth-order valence-electron chi connectivity index (χ4n) is 2.92. The summed E-state index contributed by atoms with van der Waals surface area (Å²) >= 11 is 0. The van der Waals surface area contributed by atoms with Crippen molar-refractivity contribution in [2.24, 2.45) is 5.92 Å². The van der Waals surface area contributed by atoms with Gasteiger partial charge < -0.3 is 0 Å². The Morgan fingerprint density at radius 3 is 1.92 bits per heavy atom. The smallest absolute Gasteiger partial charge is 0.0530 e. The second-order valence-corrected chi connectivity index (χ2v) is 4.55. The molecule has 0 aromatic rings. The highest BCUT2D eigenvalue weighted by Gasteiger charge is 2.33. The SMILES string of the molecule is C1CC[C+](C2CCCCC2)CC1. The highest BCUT2D eigenvalue weighted by Crippen LogP contribution is 2.39. The molecule has 0 N–H and O–H groups in total. The molecular formula is C12H21+. The fraction of sp³-hybridized carbons (Fsp3) is 0.917. The van der Waals surface area contributed by atoms with Gasteiger partial charge in [0, 0.05) is 0 Å². The molecule has 12 heavy (non-hydrogen) atoms. The van der Waals surface area contributed by atoms with E-state index in [0.29, 0.717) is 0 Å². The predicted molar refractivity (Wildman–Crippen MR) is 52.9 cm³/mol. The van der Waals surface area contributed by atoms with Crippen molar-refractivity contribution >= 4 is 0 Å². The van der Waals surface area contributed by atoms with Crippen molar-refractivity contribution in [3.05, 3.63) is 5.92 Å². The monoisotopic (exact) mass is 165 g/mol. The van der Waals surface area contributed by atoms with Gasteiger partial charge in [-0.2, -0.15) is 0 Å². The van der Waals surface area contributed by atoms with E-state index in [1.807, 2.05) is 5.92 Å². The summed E-state index contributed by atoms with van der Waals surface area (Å²) in [6, 6.07) is 0. The van der Waals surface area contributed by atoms with Crippen molar-refractivity contribution in [1.29, 1.82) is 0 Å². The first-order valence-corrected chi connectivity index (χ1v) is 5.81. The number of hydrogen-bond acceptors (Lipinski definition) is 0. The van der Waals surface area contributed by atoms with E-state index in [0.717, 1.165) is 5.92 Å². The number of rotatable bonds is 1. The van der Waals surface area contributed by atoms with Crippen molar-refractivity contribution in [3.8, 4) is 0 Å². The van der Waals surface area contributed by atoms with Crippen molar-refractivity contribution in [1.82, 2.24) is 0 Å². The third-order valence-corrected chi connectivity index (χ3v) is 3.68. The molecule has 2 fully saturated rings. The molecule has 2 rings (SSSR count). The van der Waals surface area contributed by atoms with Crippen LogP contribution in [-0.4, -0.2) is 0 Å². The van der Waals surface area contributed by atoms with Crippen LogP contribution in [0.25, 0.3) is 0 Å². The molecule has 68 valence electrons. The fourth-order valence-corrected chi connectivity index (χ4v) is 2.92. The van der Waals surface area contributed by atoms with Crippen molar-refractivity contribution in [3.63, 3.8) is 0 Å². The Balaban J connectivity index is 1.80. The molecule has 0 atom stereocenters. The first-order valence-electron chi connectivity index (χ1n) is 5.81. The zero-order valence-corrected chi connectivity index (χ0v) is 8.15. The lowest BCUT2D eigenvalue weighted by Crippen LogP contribution is -2.18. The molecule has 2 aliphatic carbocycles. The zero-order valence-electron chi connectivity index (χ0n) is 8.15. The van der Waals surface area contributed by atoms with Gasteiger partial charge in [0.2, 0.25) is 0 Å². The van der Waals surface area contributed by atoms with Gasteiger partial charge >= 0.3 is 0 Å². The highest BCUT2D eigenvalue weighted by atomic mass is 14.3. The van der Waals surface area contributed by atoms with Gasteiger partial charge in [-0.25, -0.2) is 0 Å². The second kappa shape index (κ2) is 4.20. The summed E-state index contributed by atoms with van der Waals surface area (Å²) in [6.45, 7) is 0. The molecule has 0 radical (unpaired) electrons. The van der Waals surface area contributed by atoms with Crippen LogP contribution in [0, 0.1) is 11.8 Å². The Morgan fingerprint density at radius 1 is 0.667 bits per heavy atom. The Kier molecular flexibility index (Phi) is 2.97. The third-order valence-electron chi connectivity index (χ3n) is 3.68. The Morgan fingerprint density at radius 2 is 1.25 bits per heavy atom. The molecule has 0 aromatic heterocycles. The van der Waals surface area contributed by atoms with E-state index in [2.05, 4.69) is 0 Å². The van der Waals surface area contributed by atoms with Gasteiger partial charge in [-0.3, -0.25) is 0 Å². The van der Waals surface area contributed by atoms with Gasteiger partial charge in [0.15, 0.2) is 0 Å². The Bertz CT molecular complexity index is 100. The van der Waals surface area contributed by atoms with Crippen molar-refractivity contribution in [2.45, 2.75) is 64.2 Å². The Hall–Kier alpha value is -0.130. The van der Waals surface area contributed by atoms with Gasteiger partial charge in [0.25, 0.3) is 0 Å². The maximum Gasteiger partial charge on any atom is 0.100 e. The van der Waals surface area contributed by atoms with Crippen LogP contribution in [0.5, 0.6) is 0 Å². The molecule has 2 aliphatic rings. The highest BCUT2D eigenvalue weighted by molar-refractivity contribution is 4.99. The molecule has 0 amide bonds. The van der Waals surface area contributed by atoms with E-state index >= 15 is 0 Å². The average Bonchev–Trinajstić information content (AvgIpc) is 2.21. The summed E-state index contributed by atoms with van der Waals surface area (Å²) in [5, 5.41) is 0. The molecule has 0 aromatic carbocycles. The van der Waals surface area contributed by atoms with Crippen LogP contribution < -0.4 is 0 Å². The minimum Gasteiger partial charge on any atom is -0.0530 e. The molecule has 0 nitrogen and oxygen atoms in total. The van der Waals surface area contributed by atoms with Crippen molar-refractivity contribution < 1.29 is 0 Å². The van der Waals surface area contributed by atoms with Crippen LogP contribution in [0.2, 0.25) is 0 Å². The minimum absolute atomic E-state index is 1.05. The average molecular weight is 165 g/mol. The number of hydrogen-bond donors (Lipinski definition) is 0. The van der Waals surface area contributed by atoms with E-state index in [1.54, 1.807) is 0 Å². The van der Waals surface area contributed by atoms with Crippen LogP contribution in [-0.2, 0) is 0 Å². The normalized spacial score (nSPS) is 27.5. The van der Waals surface area contributed by atoms with Crippen LogP contribution in [0.4, 0.5) is 0 Å². The lowest BCUT2D eigenvalue weighted by Gasteiger charge is -2.24. The molecule has 0 saturated heterocycles. The lowest BCUT2D eigenvalue weighted by molar-refractivity contribution is 0.323. The van der Waals surface area contributed by atoms with Gasteiger partial charge in [-0.1, -0.05) is 6.42 Å². The summed E-state index contributed by atoms with van der Waals surface area (Å²) in [6.07, 6.45) is 15.0. The van der Waals surface area contributed by atoms with E-state index in [-0.39, 0.29) is 0 Å². The molecule has 0 heteroatoms. The molecule has 0 heterocycles. The maximum absolute atomic E-state index is 1.95. The predicted octanol–water partition coefficient (Wildman–Crippen LogP) is 4.11. The van der Waals surface area contributed by atoms with Gasteiger partial charge in [0.1, 0.15) is 5.92 Å². The molecule has 0 spiro atoms. The zero-order chi connectivity index (χ0) is 8.23. The second-order valence-electron chi connectivity index (χ2n) is 4.55. The topological polar surface area (TPSA) is 0 Å². The molecule has 0 bridgehead atoms. The largest absolute Gasteiger partial charge is 0.100 e. The van der Waals surface area contributed by atoms with Crippen molar-refractivity contribution in [2.75, 3.05) is 0 Å². The van der Waals surface area contributed by atoms with E-state index < -0.39 is 0 Å². The maximum atomic E-state index is 1.95. The van der Waals surface area contributed by atoms with E-state index in [4.69, 9.17) is 0 Å². The van der Waals surface area contributed by atoms with E-state index in [1.165, 1.54) is 64.2 Å². The summed E-state index contributed by atoms with van der Waals surface area (Å²) in [5.74, 6) is 3.00. The summed E-state index contributed by atoms with van der Waals surface area (Å²) in [5.41, 5.74) is 0. The Labute approximate surface area is 76.7 Å². The molecular weight excluding hydrogens is 144 g/mol. The minimum atomic E-state index is 1.05. The van der Waals surface area contributed by atoms with Crippen LogP contribution >= 0.6 is 0 Å². The standard InChI is InChI=1S/C12H21/c1-3-7-11(8-4-1)12-9-5-2-6-10-12/h11H,1-10H2/q+1. The quantitative estimate of drug-likeness (QED) is 0.513. The molecule has 2 saturated carbocycles. The summed E-state index contributed by atoms with van der Waals surface area (Å²) in [7, 11) is 0. The first kappa shape index (κ1) is 8.47. The molecule has 0 aliphatic heterocycles. The van der Waals surface area contributed by atoms with E-state index in [9.17, 15) is 0 Å². The summed E-state index contributed by atoms with van der Waals surface area (Å²) in [4.78, 5) is 0. The first-order chi connectivity index (χ1) is 5.97. The van der Waals surface area contributed by atoms with Crippen LogP contribution in [0.15, 0.2) is 0 Å². The van der Waals surface area contributed by atoms with Gasteiger partial charge in [0.05, 0.1) is 18.8 Å². The third kappa shape index (κ3) is 1.97. The van der Waals surface area contributed by atoms with Gasteiger partial charge in [-0.05, 0) is 44.9 Å². The summed E-state index contributed by atoms with van der Waals surface area (Å²) < 4.78 is 0. The van der Waals surface area contributed by atoms with Gasteiger partial charge in [-0.15, -0.1) is 0 Å².